The van der Waals surface area contributed by atoms with Gasteiger partial charge in [-0.2, -0.15) is 5.10 Å². The minimum absolute atomic E-state index is 0.457. The highest BCUT2D eigenvalue weighted by Gasteiger charge is 2.02. The van der Waals surface area contributed by atoms with Gasteiger partial charge in [0.15, 0.2) is 0 Å². The highest BCUT2D eigenvalue weighted by molar-refractivity contribution is 6.32. The van der Waals surface area contributed by atoms with Gasteiger partial charge in [-0.05, 0) is 17.7 Å². The maximum atomic E-state index is 6.17. The van der Waals surface area contributed by atoms with Gasteiger partial charge in [0.1, 0.15) is 5.15 Å². The predicted molar refractivity (Wildman–Crippen MR) is 87.6 cm³/mol. The molecule has 4 heteroatoms. The minimum Gasteiger partial charge on any atom is -0.306 e. The number of aromatic nitrogens is 1. The normalized spacial score (nSPS) is 11.1. The maximum absolute atomic E-state index is 6.17. The SMILES string of the molecule is Clc1nc2ccccc2cc1/C=N/NCc1ccccc1. The number of nitrogens with zero attached hydrogens (tertiary/aromatic N) is 2. The van der Waals surface area contributed by atoms with Gasteiger partial charge in [0, 0.05) is 10.9 Å². The van der Waals surface area contributed by atoms with Crippen molar-refractivity contribution < 1.29 is 0 Å². The topological polar surface area (TPSA) is 37.3 Å². The third-order valence-corrected chi connectivity index (χ3v) is 3.43. The van der Waals surface area contributed by atoms with Crippen molar-refractivity contribution in [3.63, 3.8) is 0 Å². The summed E-state index contributed by atoms with van der Waals surface area (Å²) < 4.78 is 0. The van der Waals surface area contributed by atoms with E-state index in [1.165, 1.54) is 5.56 Å². The molecule has 2 aromatic carbocycles. The minimum atomic E-state index is 0.457. The van der Waals surface area contributed by atoms with E-state index in [4.69, 9.17) is 11.6 Å². The van der Waals surface area contributed by atoms with Crippen LogP contribution >= 0.6 is 11.6 Å². The molecule has 0 aliphatic carbocycles. The Kier molecular flexibility index (Phi) is 4.12. The molecule has 1 N–H and O–H groups in total. The van der Waals surface area contributed by atoms with Crippen molar-refractivity contribution in [2.45, 2.75) is 6.54 Å². The van der Waals surface area contributed by atoms with Crippen molar-refractivity contribution in [2.75, 3.05) is 0 Å². The van der Waals surface area contributed by atoms with Gasteiger partial charge in [0.05, 0.1) is 18.3 Å². The monoisotopic (exact) mass is 295 g/mol. The van der Waals surface area contributed by atoms with Gasteiger partial charge >= 0.3 is 0 Å². The smallest absolute Gasteiger partial charge is 0.138 e. The average molecular weight is 296 g/mol. The summed E-state index contributed by atoms with van der Waals surface area (Å²) in [6, 6.07) is 20.0. The van der Waals surface area contributed by atoms with Gasteiger partial charge in [-0.3, -0.25) is 0 Å². The van der Waals surface area contributed by atoms with E-state index in [9.17, 15) is 0 Å². The van der Waals surface area contributed by atoms with Crippen LogP contribution in [0.1, 0.15) is 11.1 Å². The molecule has 0 aliphatic heterocycles. The lowest BCUT2D eigenvalue weighted by Crippen LogP contribution is -2.05. The first-order valence-corrected chi connectivity index (χ1v) is 7.06. The Morgan fingerprint density at radius 2 is 1.81 bits per heavy atom. The highest BCUT2D eigenvalue weighted by Crippen LogP contribution is 2.18. The lowest BCUT2D eigenvalue weighted by Gasteiger charge is -2.02. The number of hydrogen-bond donors (Lipinski definition) is 1. The van der Waals surface area contributed by atoms with Gasteiger partial charge in [-0.1, -0.05) is 60.1 Å². The summed E-state index contributed by atoms with van der Waals surface area (Å²) >= 11 is 6.17. The Bertz CT molecular complexity index is 769. The molecule has 104 valence electrons. The Morgan fingerprint density at radius 3 is 2.67 bits per heavy atom. The first-order valence-electron chi connectivity index (χ1n) is 6.68. The van der Waals surface area contributed by atoms with E-state index in [1.54, 1.807) is 6.21 Å². The second-order valence-electron chi connectivity index (χ2n) is 4.64. The summed E-state index contributed by atoms with van der Waals surface area (Å²) in [5.74, 6) is 0. The molecule has 0 fully saturated rings. The molecule has 0 radical (unpaired) electrons. The molecule has 0 unspecified atom stereocenters. The van der Waals surface area contributed by atoms with Crippen molar-refractivity contribution in [3.8, 4) is 0 Å². The Balaban J connectivity index is 1.72. The highest BCUT2D eigenvalue weighted by atomic mass is 35.5. The van der Waals surface area contributed by atoms with Crippen LogP contribution in [-0.2, 0) is 6.54 Å². The lowest BCUT2D eigenvalue weighted by molar-refractivity contribution is 0.748. The summed E-state index contributed by atoms with van der Waals surface area (Å²) in [7, 11) is 0. The van der Waals surface area contributed by atoms with Crippen LogP contribution in [0.2, 0.25) is 5.15 Å². The molecular weight excluding hydrogens is 282 g/mol. The third-order valence-electron chi connectivity index (χ3n) is 3.13. The van der Waals surface area contributed by atoms with Gasteiger partial charge in [0.2, 0.25) is 0 Å². The van der Waals surface area contributed by atoms with Crippen LogP contribution in [0.4, 0.5) is 0 Å². The van der Waals surface area contributed by atoms with Crippen molar-refractivity contribution in [1.29, 1.82) is 0 Å². The molecule has 0 spiro atoms. The lowest BCUT2D eigenvalue weighted by atomic mass is 10.2. The molecule has 21 heavy (non-hydrogen) atoms. The van der Waals surface area contributed by atoms with E-state index in [0.717, 1.165) is 16.5 Å². The van der Waals surface area contributed by atoms with Crippen molar-refractivity contribution in [2.24, 2.45) is 5.10 Å². The maximum Gasteiger partial charge on any atom is 0.138 e. The van der Waals surface area contributed by atoms with E-state index in [0.29, 0.717) is 11.7 Å². The quantitative estimate of drug-likeness (QED) is 0.448. The van der Waals surface area contributed by atoms with Crippen LogP contribution in [-0.4, -0.2) is 11.2 Å². The largest absolute Gasteiger partial charge is 0.306 e. The Labute approximate surface area is 128 Å². The summed E-state index contributed by atoms with van der Waals surface area (Å²) in [5, 5.41) is 5.71. The summed E-state index contributed by atoms with van der Waals surface area (Å²) in [6.45, 7) is 0.677. The number of hydrogen-bond acceptors (Lipinski definition) is 3. The molecule has 0 saturated carbocycles. The fraction of sp³-hybridized carbons (Fsp3) is 0.0588. The van der Waals surface area contributed by atoms with Crippen LogP contribution in [0.5, 0.6) is 0 Å². The molecule has 3 aromatic rings. The zero-order valence-electron chi connectivity index (χ0n) is 11.3. The second-order valence-corrected chi connectivity index (χ2v) is 5.00. The van der Waals surface area contributed by atoms with E-state index in [2.05, 4.69) is 15.5 Å². The number of rotatable bonds is 4. The fourth-order valence-corrected chi connectivity index (χ4v) is 2.24. The molecule has 3 rings (SSSR count). The molecule has 0 atom stereocenters. The summed E-state index contributed by atoms with van der Waals surface area (Å²) in [4.78, 5) is 4.36. The molecule has 0 bridgehead atoms. The van der Waals surface area contributed by atoms with Crippen LogP contribution in [0.3, 0.4) is 0 Å². The third kappa shape index (κ3) is 3.38. The van der Waals surface area contributed by atoms with E-state index < -0.39 is 0 Å². The second kappa shape index (κ2) is 6.37. The van der Waals surface area contributed by atoms with Crippen molar-refractivity contribution in [3.05, 3.63) is 76.9 Å². The summed E-state index contributed by atoms with van der Waals surface area (Å²) in [5.41, 5.74) is 5.87. The number of pyridine rings is 1. The van der Waals surface area contributed by atoms with Crippen LogP contribution in [0.15, 0.2) is 65.8 Å². The van der Waals surface area contributed by atoms with Crippen LogP contribution < -0.4 is 5.43 Å². The van der Waals surface area contributed by atoms with E-state index in [1.807, 2.05) is 60.7 Å². The number of halogens is 1. The van der Waals surface area contributed by atoms with Gasteiger partial charge in [-0.25, -0.2) is 4.98 Å². The number of nitrogens with one attached hydrogen (secondary N) is 1. The zero-order chi connectivity index (χ0) is 14.5. The Morgan fingerprint density at radius 1 is 1.05 bits per heavy atom. The fourth-order valence-electron chi connectivity index (χ4n) is 2.05. The molecule has 0 aliphatic rings. The zero-order valence-corrected chi connectivity index (χ0v) is 12.1. The first kappa shape index (κ1) is 13.6. The first-order chi connectivity index (χ1) is 10.3. The van der Waals surface area contributed by atoms with Crippen molar-refractivity contribution >= 4 is 28.7 Å². The standard InChI is InChI=1S/C17H14ClN3/c18-17-15(10-14-8-4-5-9-16(14)21-17)12-20-19-11-13-6-2-1-3-7-13/h1-10,12,19H,11H2/b20-12+. The number of fused-ring (bicyclic) bond motifs is 1. The predicted octanol–water partition coefficient (Wildman–Crippen LogP) is 4.01. The molecule has 0 saturated heterocycles. The molecule has 1 heterocycles. The van der Waals surface area contributed by atoms with Gasteiger partial charge < -0.3 is 5.43 Å². The van der Waals surface area contributed by atoms with E-state index in [-0.39, 0.29) is 0 Å². The van der Waals surface area contributed by atoms with Crippen LogP contribution in [0.25, 0.3) is 10.9 Å². The van der Waals surface area contributed by atoms with E-state index >= 15 is 0 Å². The number of hydrazone groups is 1. The molecular formula is C17H14ClN3. The number of para-hydroxylation sites is 1. The number of benzene rings is 2. The molecule has 1 aromatic heterocycles. The summed E-state index contributed by atoms with van der Waals surface area (Å²) in [6.07, 6.45) is 1.70. The molecule has 3 nitrogen and oxygen atoms in total. The average Bonchev–Trinajstić information content (AvgIpc) is 2.53. The molecule has 0 amide bonds. The Hall–Kier alpha value is -2.39. The van der Waals surface area contributed by atoms with Gasteiger partial charge in [-0.15, -0.1) is 0 Å². The van der Waals surface area contributed by atoms with Gasteiger partial charge in [0.25, 0.3) is 0 Å². The van der Waals surface area contributed by atoms with Crippen molar-refractivity contribution in [1.82, 2.24) is 10.4 Å². The van der Waals surface area contributed by atoms with Crippen LogP contribution in [0, 0.1) is 0 Å².